The lowest BCUT2D eigenvalue weighted by atomic mass is 10.2. The second-order valence-corrected chi connectivity index (χ2v) is 4.62. The first kappa shape index (κ1) is 10.9. The van der Waals surface area contributed by atoms with E-state index in [2.05, 4.69) is 11.1 Å². The molecular weight excluding hydrogens is 253 g/mol. The molecule has 0 saturated carbocycles. The van der Waals surface area contributed by atoms with Crippen LogP contribution in [0.25, 0.3) is 27.5 Å². The highest BCUT2D eigenvalue weighted by Crippen LogP contribution is 2.28. The van der Waals surface area contributed by atoms with Crippen LogP contribution in [0.3, 0.4) is 0 Å². The minimum Gasteiger partial charge on any atom is -0.293 e. The average molecular weight is 261 g/mol. The predicted octanol–water partition coefficient (Wildman–Crippen LogP) is 3.65. The molecule has 0 spiro atoms. The zero-order valence-corrected chi connectivity index (χ0v) is 10.3. The van der Waals surface area contributed by atoms with E-state index in [1.54, 1.807) is 12.3 Å². The van der Waals surface area contributed by atoms with Crippen molar-refractivity contribution in [3.63, 3.8) is 0 Å². The second-order valence-electron chi connectivity index (χ2n) is 4.62. The van der Waals surface area contributed by atoms with Gasteiger partial charge in [-0.25, -0.2) is 9.37 Å². The van der Waals surface area contributed by atoms with E-state index in [1.807, 2.05) is 28.7 Å². The van der Waals surface area contributed by atoms with Crippen LogP contribution in [0.1, 0.15) is 5.56 Å². The second kappa shape index (κ2) is 3.78. The van der Waals surface area contributed by atoms with Gasteiger partial charge in [-0.2, -0.15) is 5.26 Å². The van der Waals surface area contributed by atoms with Gasteiger partial charge in [0.05, 0.1) is 11.0 Å². The molecule has 0 radical (unpaired) electrons. The fourth-order valence-corrected chi connectivity index (χ4v) is 2.66. The molecule has 0 aliphatic rings. The summed E-state index contributed by atoms with van der Waals surface area (Å²) in [5, 5.41) is 10.9. The third kappa shape index (κ3) is 1.29. The first-order chi connectivity index (χ1) is 9.79. The predicted molar refractivity (Wildman–Crippen MR) is 74.9 cm³/mol. The van der Waals surface area contributed by atoms with Crippen LogP contribution in [0.15, 0.2) is 48.7 Å². The number of halogens is 1. The zero-order valence-electron chi connectivity index (χ0n) is 10.3. The highest BCUT2D eigenvalue weighted by Gasteiger charge is 2.15. The molecule has 0 saturated heterocycles. The molecular formula is C16H8FN3. The Hall–Kier alpha value is -2.93. The summed E-state index contributed by atoms with van der Waals surface area (Å²) in [7, 11) is 0. The van der Waals surface area contributed by atoms with Crippen molar-refractivity contribution in [2.45, 2.75) is 0 Å². The van der Waals surface area contributed by atoms with Crippen molar-refractivity contribution in [2.24, 2.45) is 0 Å². The lowest BCUT2D eigenvalue weighted by Gasteiger charge is -2.03. The highest BCUT2D eigenvalue weighted by atomic mass is 19.1. The topological polar surface area (TPSA) is 41.1 Å². The summed E-state index contributed by atoms with van der Waals surface area (Å²) in [6.45, 7) is 0. The van der Waals surface area contributed by atoms with E-state index >= 15 is 0 Å². The van der Waals surface area contributed by atoms with E-state index in [0.717, 1.165) is 16.4 Å². The monoisotopic (exact) mass is 261 g/mol. The summed E-state index contributed by atoms with van der Waals surface area (Å²) in [5.74, 6) is -0.353. The third-order valence-electron chi connectivity index (χ3n) is 3.52. The molecule has 0 aliphatic heterocycles. The van der Waals surface area contributed by atoms with Gasteiger partial charge in [0.25, 0.3) is 0 Å². The molecule has 0 unspecified atom stereocenters. The fourth-order valence-electron chi connectivity index (χ4n) is 2.66. The summed E-state index contributed by atoms with van der Waals surface area (Å²) in [5.41, 5.74) is 2.72. The van der Waals surface area contributed by atoms with Gasteiger partial charge in [0, 0.05) is 17.0 Å². The molecule has 2 aromatic carbocycles. The summed E-state index contributed by atoms with van der Waals surface area (Å²) in [6, 6.07) is 14.4. The van der Waals surface area contributed by atoms with E-state index in [1.165, 1.54) is 12.1 Å². The lowest BCUT2D eigenvalue weighted by molar-refractivity contribution is 0.629. The van der Waals surface area contributed by atoms with Crippen LogP contribution in [0.2, 0.25) is 0 Å². The number of aromatic nitrogens is 2. The van der Waals surface area contributed by atoms with Crippen molar-refractivity contribution in [1.29, 1.82) is 5.26 Å². The molecule has 4 rings (SSSR count). The van der Waals surface area contributed by atoms with Crippen LogP contribution in [-0.4, -0.2) is 9.38 Å². The highest BCUT2D eigenvalue weighted by molar-refractivity contribution is 5.98. The van der Waals surface area contributed by atoms with Crippen LogP contribution in [-0.2, 0) is 0 Å². The molecule has 0 bridgehead atoms. The maximum Gasteiger partial charge on any atom is 0.156 e. The standard InChI is InChI=1S/C16H8FN3/c17-11-5-6-15-12(7-11)13(8-18)16-19-9-10-3-1-2-4-14(10)20(15)16/h1-7,9H. The zero-order chi connectivity index (χ0) is 13.7. The molecule has 0 fully saturated rings. The maximum atomic E-state index is 13.5. The van der Waals surface area contributed by atoms with Crippen molar-refractivity contribution >= 4 is 27.5 Å². The number of nitriles is 1. The minimum atomic E-state index is -0.353. The summed E-state index contributed by atoms with van der Waals surface area (Å²) >= 11 is 0. The molecule has 3 nitrogen and oxygen atoms in total. The van der Waals surface area contributed by atoms with Gasteiger partial charge >= 0.3 is 0 Å². The van der Waals surface area contributed by atoms with Crippen molar-refractivity contribution in [1.82, 2.24) is 9.38 Å². The Balaban J connectivity index is 2.39. The van der Waals surface area contributed by atoms with Crippen molar-refractivity contribution < 1.29 is 4.39 Å². The Kier molecular flexibility index (Phi) is 2.07. The van der Waals surface area contributed by atoms with Crippen molar-refractivity contribution in [2.75, 3.05) is 0 Å². The number of hydrogen-bond acceptors (Lipinski definition) is 2. The van der Waals surface area contributed by atoms with E-state index in [4.69, 9.17) is 0 Å². The smallest absolute Gasteiger partial charge is 0.156 e. The number of fused-ring (bicyclic) bond motifs is 5. The Morgan fingerprint density at radius 2 is 1.95 bits per heavy atom. The Labute approximate surface area is 113 Å². The third-order valence-corrected chi connectivity index (χ3v) is 3.52. The molecule has 0 N–H and O–H groups in total. The number of benzene rings is 2. The van der Waals surface area contributed by atoms with Gasteiger partial charge < -0.3 is 0 Å². The molecule has 2 heterocycles. The summed E-state index contributed by atoms with van der Waals surface area (Å²) in [4.78, 5) is 4.37. The largest absolute Gasteiger partial charge is 0.293 e. The molecule has 4 heteroatoms. The Bertz CT molecular complexity index is 1020. The fraction of sp³-hybridized carbons (Fsp3) is 0. The van der Waals surface area contributed by atoms with Crippen molar-refractivity contribution in [3.05, 3.63) is 60.0 Å². The van der Waals surface area contributed by atoms with E-state index < -0.39 is 0 Å². The van der Waals surface area contributed by atoms with Gasteiger partial charge in [0.2, 0.25) is 0 Å². The molecule has 0 atom stereocenters. The maximum absolute atomic E-state index is 13.5. The van der Waals surface area contributed by atoms with E-state index in [-0.39, 0.29) is 5.82 Å². The van der Waals surface area contributed by atoms with Gasteiger partial charge in [-0.05, 0) is 24.3 Å². The molecule has 2 aromatic heterocycles. The van der Waals surface area contributed by atoms with Crippen LogP contribution in [0.5, 0.6) is 0 Å². The van der Waals surface area contributed by atoms with Crippen LogP contribution < -0.4 is 0 Å². The molecule has 94 valence electrons. The van der Waals surface area contributed by atoms with E-state index in [0.29, 0.717) is 16.6 Å². The minimum absolute atomic E-state index is 0.353. The number of rotatable bonds is 0. The summed E-state index contributed by atoms with van der Waals surface area (Å²) < 4.78 is 15.4. The van der Waals surface area contributed by atoms with Gasteiger partial charge in [-0.3, -0.25) is 4.40 Å². The molecule has 0 aliphatic carbocycles. The van der Waals surface area contributed by atoms with Gasteiger partial charge in [-0.15, -0.1) is 0 Å². The molecule has 4 aromatic rings. The normalized spacial score (nSPS) is 11.2. The number of para-hydroxylation sites is 1. The van der Waals surface area contributed by atoms with Crippen molar-refractivity contribution in [3.8, 4) is 6.07 Å². The van der Waals surface area contributed by atoms with E-state index in [9.17, 15) is 9.65 Å². The van der Waals surface area contributed by atoms with Crippen LogP contribution in [0, 0.1) is 17.1 Å². The van der Waals surface area contributed by atoms with Gasteiger partial charge in [-0.1, -0.05) is 18.2 Å². The Morgan fingerprint density at radius 3 is 2.80 bits per heavy atom. The van der Waals surface area contributed by atoms with Gasteiger partial charge in [0.15, 0.2) is 5.65 Å². The molecule has 20 heavy (non-hydrogen) atoms. The SMILES string of the molecule is N#Cc1c2cc(F)ccc2n2c1ncc1ccccc12. The average Bonchev–Trinajstić information content (AvgIpc) is 2.80. The summed E-state index contributed by atoms with van der Waals surface area (Å²) in [6.07, 6.45) is 1.74. The van der Waals surface area contributed by atoms with Crippen LogP contribution in [0.4, 0.5) is 4.39 Å². The quantitative estimate of drug-likeness (QED) is 0.484. The first-order valence-corrected chi connectivity index (χ1v) is 6.17. The number of hydrogen-bond donors (Lipinski definition) is 0. The number of nitrogens with zero attached hydrogens (tertiary/aromatic N) is 3. The lowest BCUT2D eigenvalue weighted by Crippen LogP contribution is -1.91. The molecule has 0 amide bonds. The van der Waals surface area contributed by atoms with Crippen LogP contribution >= 0.6 is 0 Å². The van der Waals surface area contributed by atoms with Gasteiger partial charge in [0.1, 0.15) is 17.4 Å². The Morgan fingerprint density at radius 1 is 1.10 bits per heavy atom. The first-order valence-electron chi connectivity index (χ1n) is 6.17.